The number of amides is 1. The molecule has 5 atom stereocenters. The molecule has 2 fully saturated rings. The summed E-state index contributed by atoms with van der Waals surface area (Å²) < 4.78 is 10.8. The summed E-state index contributed by atoms with van der Waals surface area (Å²) in [6.45, 7) is 8.83. The van der Waals surface area contributed by atoms with Crippen molar-refractivity contribution < 1.29 is 23.9 Å². The van der Waals surface area contributed by atoms with Crippen LogP contribution in [0.3, 0.4) is 0 Å². The van der Waals surface area contributed by atoms with Crippen molar-refractivity contribution in [3.63, 3.8) is 0 Å². The fourth-order valence-electron chi connectivity index (χ4n) is 5.27. The SMILES string of the molecule is CCOC(=O)C(CCN[C@@H](C)C(=O)N1[C@H](C(=O)OCC(C)C)C[C@@H]2CCC[C@@H]21)c1ccccc1. The van der Waals surface area contributed by atoms with E-state index in [2.05, 4.69) is 5.32 Å². The van der Waals surface area contributed by atoms with E-state index in [-0.39, 0.29) is 35.7 Å². The van der Waals surface area contributed by atoms with Crippen LogP contribution in [0.1, 0.15) is 71.3 Å². The number of hydrogen-bond donors (Lipinski definition) is 1. The van der Waals surface area contributed by atoms with Crippen LogP contribution in [0.4, 0.5) is 0 Å². The molecule has 1 aromatic carbocycles. The molecule has 1 saturated carbocycles. The number of carbonyl (C=O) groups excluding carboxylic acids is 3. The number of carbonyl (C=O) groups is 3. The summed E-state index contributed by atoms with van der Waals surface area (Å²) >= 11 is 0. The van der Waals surface area contributed by atoms with Crippen LogP contribution in [-0.2, 0) is 23.9 Å². The summed E-state index contributed by atoms with van der Waals surface area (Å²) in [5, 5.41) is 3.29. The summed E-state index contributed by atoms with van der Waals surface area (Å²) in [6, 6.07) is 8.74. The van der Waals surface area contributed by atoms with Crippen molar-refractivity contribution in [3.05, 3.63) is 35.9 Å². The van der Waals surface area contributed by atoms with Crippen molar-refractivity contribution >= 4 is 17.8 Å². The molecule has 1 unspecified atom stereocenters. The lowest BCUT2D eigenvalue weighted by molar-refractivity contribution is -0.156. The molecule has 1 amide bonds. The third kappa shape index (κ3) is 6.38. The molecule has 1 aliphatic carbocycles. The van der Waals surface area contributed by atoms with Crippen LogP contribution in [0.5, 0.6) is 0 Å². The van der Waals surface area contributed by atoms with Crippen LogP contribution < -0.4 is 5.32 Å². The van der Waals surface area contributed by atoms with Gasteiger partial charge in [-0.15, -0.1) is 0 Å². The molecule has 0 aromatic heterocycles. The second kappa shape index (κ2) is 12.3. The van der Waals surface area contributed by atoms with E-state index in [1.54, 1.807) is 11.8 Å². The summed E-state index contributed by atoms with van der Waals surface area (Å²) in [4.78, 5) is 40.7. The smallest absolute Gasteiger partial charge is 0.328 e. The summed E-state index contributed by atoms with van der Waals surface area (Å²) in [5.74, 6) is -0.356. The number of nitrogens with zero attached hydrogens (tertiary/aromatic N) is 1. The van der Waals surface area contributed by atoms with Crippen LogP contribution in [0.15, 0.2) is 30.3 Å². The maximum atomic E-state index is 13.5. The molecule has 1 N–H and O–H groups in total. The highest BCUT2D eigenvalue weighted by atomic mass is 16.5. The Labute approximate surface area is 203 Å². The Morgan fingerprint density at radius 2 is 1.82 bits per heavy atom. The zero-order chi connectivity index (χ0) is 24.7. The molecule has 1 heterocycles. The van der Waals surface area contributed by atoms with Gasteiger partial charge in [-0.05, 0) is 63.5 Å². The van der Waals surface area contributed by atoms with E-state index in [1.807, 2.05) is 51.1 Å². The van der Waals surface area contributed by atoms with Gasteiger partial charge in [0.25, 0.3) is 0 Å². The monoisotopic (exact) mass is 472 g/mol. The maximum absolute atomic E-state index is 13.5. The average molecular weight is 473 g/mol. The van der Waals surface area contributed by atoms with Gasteiger partial charge in [-0.3, -0.25) is 9.59 Å². The first kappa shape index (κ1) is 26.2. The van der Waals surface area contributed by atoms with Crippen LogP contribution in [-0.4, -0.2) is 60.6 Å². The second-order valence-corrected chi connectivity index (χ2v) is 9.96. The molecule has 7 heteroatoms. The van der Waals surface area contributed by atoms with Crippen LogP contribution in [0, 0.1) is 11.8 Å². The number of likely N-dealkylation sites (tertiary alicyclic amines) is 1. The van der Waals surface area contributed by atoms with E-state index >= 15 is 0 Å². The highest BCUT2D eigenvalue weighted by Crippen LogP contribution is 2.42. The predicted molar refractivity (Wildman–Crippen MR) is 130 cm³/mol. The zero-order valence-corrected chi connectivity index (χ0v) is 21.0. The molecule has 1 aromatic rings. The summed E-state index contributed by atoms with van der Waals surface area (Å²) in [7, 11) is 0. The molecular weight excluding hydrogens is 432 g/mol. The molecule has 3 rings (SSSR count). The summed E-state index contributed by atoms with van der Waals surface area (Å²) in [6.07, 6.45) is 4.30. The summed E-state index contributed by atoms with van der Waals surface area (Å²) in [5.41, 5.74) is 0.906. The number of nitrogens with one attached hydrogen (secondary N) is 1. The van der Waals surface area contributed by atoms with Gasteiger partial charge >= 0.3 is 11.9 Å². The largest absolute Gasteiger partial charge is 0.466 e. The first-order valence-electron chi connectivity index (χ1n) is 12.8. The quantitative estimate of drug-likeness (QED) is 0.495. The van der Waals surface area contributed by atoms with Gasteiger partial charge in [-0.2, -0.15) is 0 Å². The molecule has 0 bridgehead atoms. The highest BCUT2D eigenvalue weighted by molar-refractivity contribution is 5.88. The van der Waals surface area contributed by atoms with Gasteiger partial charge in [0.15, 0.2) is 0 Å². The molecule has 0 radical (unpaired) electrons. The average Bonchev–Trinajstić information content (AvgIpc) is 3.42. The van der Waals surface area contributed by atoms with Gasteiger partial charge in [0.2, 0.25) is 5.91 Å². The third-order valence-electron chi connectivity index (χ3n) is 6.95. The van der Waals surface area contributed by atoms with E-state index < -0.39 is 12.1 Å². The first-order valence-corrected chi connectivity index (χ1v) is 12.8. The Kier molecular flexibility index (Phi) is 9.51. The number of ether oxygens (including phenoxy) is 2. The number of esters is 2. The molecule has 1 aliphatic heterocycles. The molecule has 2 aliphatic rings. The molecule has 34 heavy (non-hydrogen) atoms. The van der Waals surface area contributed by atoms with Crippen molar-refractivity contribution in [1.82, 2.24) is 10.2 Å². The molecule has 1 saturated heterocycles. The van der Waals surface area contributed by atoms with Crippen LogP contribution in [0.25, 0.3) is 0 Å². The van der Waals surface area contributed by atoms with Crippen molar-refractivity contribution in [3.8, 4) is 0 Å². The van der Waals surface area contributed by atoms with Crippen molar-refractivity contribution in [2.75, 3.05) is 19.8 Å². The first-order chi connectivity index (χ1) is 16.3. The lowest BCUT2D eigenvalue weighted by Crippen LogP contribution is -2.52. The Bertz CT molecular complexity index is 828. The fourth-order valence-corrected chi connectivity index (χ4v) is 5.27. The minimum absolute atomic E-state index is 0.0618. The minimum Gasteiger partial charge on any atom is -0.466 e. The topological polar surface area (TPSA) is 84.9 Å². The number of hydrogen-bond acceptors (Lipinski definition) is 6. The molecule has 7 nitrogen and oxygen atoms in total. The molecule has 0 spiro atoms. The standard InChI is InChI=1S/C27H40N2O5/c1-5-33-26(31)22(20-10-7-6-8-11-20)14-15-28-19(4)25(30)29-23-13-9-12-21(23)16-24(29)27(32)34-17-18(2)3/h6-8,10-11,18-19,21-24,28H,5,9,12-17H2,1-4H3/t19-,21-,22?,23-,24-/m0/s1. The Balaban J connectivity index is 1.62. The lowest BCUT2D eigenvalue weighted by atomic mass is 9.95. The lowest BCUT2D eigenvalue weighted by Gasteiger charge is -2.31. The van der Waals surface area contributed by atoms with Crippen molar-refractivity contribution in [1.29, 1.82) is 0 Å². The maximum Gasteiger partial charge on any atom is 0.328 e. The Morgan fingerprint density at radius 1 is 1.09 bits per heavy atom. The van der Waals surface area contributed by atoms with E-state index in [0.717, 1.165) is 24.8 Å². The van der Waals surface area contributed by atoms with Gasteiger partial charge in [0, 0.05) is 6.04 Å². The molecule has 188 valence electrons. The van der Waals surface area contributed by atoms with Gasteiger partial charge < -0.3 is 19.7 Å². The molecular formula is C27H40N2O5. The zero-order valence-electron chi connectivity index (χ0n) is 21.0. The third-order valence-corrected chi connectivity index (χ3v) is 6.95. The van der Waals surface area contributed by atoms with Crippen molar-refractivity contribution in [2.24, 2.45) is 11.8 Å². The predicted octanol–water partition coefficient (Wildman–Crippen LogP) is 3.67. The highest BCUT2D eigenvalue weighted by Gasteiger charge is 2.50. The van der Waals surface area contributed by atoms with Gasteiger partial charge in [-0.25, -0.2) is 4.79 Å². The second-order valence-electron chi connectivity index (χ2n) is 9.96. The van der Waals surface area contributed by atoms with Gasteiger partial charge in [-0.1, -0.05) is 50.6 Å². The van der Waals surface area contributed by atoms with E-state index in [4.69, 9.17) is 9.47 Å². The number of rotatable bonds is 11. The Hall–Kier alpha value is -2.41. The van der Waals surface area contributed by atoms with Crippen LogP contribution >= 0.6 is 0 Å². The van der Waals surface area contributed by atoms with E-state index in [9.17, 15) is 14.4 Å². The number of fused-ring (bicyclic) bond motifs is 1. The van der Waals surface area contributed by atoms with Gasteiger partial charge in [0.1, 0.15) is 6.04 Å². The fraction of sp³-hybridized carbons (Fsp3) is 0.667. The number of benzene rings is 1. The minimum atomic E-state index is -0.498. The van der Waals surface area contributed by atoms with Crippen molar-refractivity contribution in [2.45, 2.75) is 83.8 Å². The normalized spacial score (nSPS) is 23.4. The van der Waals surface area contributed by atoms with E-state index in [0.29, 0.717) is 38.5 Å². The van der Waals surface area contributed by atoms with E-state index in [1.165, 1.54) is 0 Å². The Morgan fingerprint density at radius 3 is 2.50 bits per heavy atom. The van der Waals surface area contributed by atoms with Crippen LogP contribution in [0.2, 0.25) is 0 Å². The van der Waals surface area contributed by atoms with Gasteiger partial charge in [0.05, 0.1) is 25.2 Å².